The fraction of sp³-hybridized carbons (Fsp3) is 0.250. The molecule has 6 nitrogen and oxygen atoms in total. The third-order valence-electron chi connectivity index (χ3n) is 2.20. The largest absolute Gasteiger partial charge is 0.419 e. The Morgan fingerprint density at radius 2 is 1.89 bits per heavy atom. The number of pyridine rings is 1. The van der Waals surface area contributed by atoms with Crippen LogP contribution in [0, 0.1) is 0 Å². The molecule has 1 aromatic heterocycles. The van der Waals surface area contributed by atoms with Gasteiger partial charge in [-0.2, -0.15) is 0 Å². The molecule has 1 aromatic rings. The van der Waals surface area contributed by atoms with Crippen molar-refractivity contribution in [3.05, 3.63) is 34.7 Å². The van der Waals surface area contributed by atoms with Gasteiger partial charge in [-0.1, -0.05) is 0 Å². The Kier molecular flexibility index (Phi) is 3.57. The highest BCUT2D eigenvalue weighted by Crippen LogP contribution is 2.22. The van der Waals surface area contributed by atoms with E-state index in [4.69, 9.17) is 9.47 Å². The predicted molar refractivity (Wildman–Crippen MR) is 69.9 cm³/mol. The highest BCUT2D eigenvalue weighted by Gasteiger charge is 2.38. The number of esters is 2. The third kappa shape index (κ3) is 3.31. The fourth-order valence-corrected chi connectivity index (χ4v) is 1.79. The topological polar surface area (TPSA) is 77.5 Å². The first-order valence-corrected chi connectivity index (χ1v) is 6.21. The van der Waals surface area contributed by atoms with Crippen LogP contribution in [0.1, 0.15) is 13.8 Å². The Balaban J connectivity index is 2.15. The van der Waals surface area contributed by atoms with Gasteiger partial charge in [0.2, 0.25) is 0 Å². The number of nitrogens with zero attached hydrogens (tertiary/aromatic N) is 1. The van der Waals surface area contributed by atoms with Crippen molar-refractivity contribution in [3.63, 3.8) is 0 Å². The van der Waals surface area contributed by atoms with Gasteiger partial charge < -0.3 is 14.8 Å². The number of hydrogen-bond donors (Lipinski definition) is 1. The lowest BCUT2D eigenvalue weighted by atomic mass is 10.2. The summed E-state index contributed by atoms with van der Waals surface area (Å²) in [5.74, 6) is -2.68. The van der Waals surface area contributed by atoms with E-state index >= 15 is 0 Å². The number of anilines is 1. The molecule has 0 bridgehead atoms. The van der Waals surface area contributed by atoms with E-state index in [1.165, 1.54) is 20.0 Å². The van der Waals surface area contributed by atoms with Crippen molar-refractivity contribution in [3.8, 4) is 0 Å². The molecular formula is C12H11BrN2O4. The van der Waals surface area contributed by atoms with Crippen molar-refractivity contribution < 1.29 is 19.1 Å². The smallest absolute Gasteiger partial charge is 0.350 e. The molecule has 0 aromatic carbocycles. The van der Waals surface area contributed by atoms with E-state index in [2.05, 4.69) is 26.2 Å². The second-order valence-corrected chi connectivity index (χ2v) is 5.19. The molecule has 0 unspecified atom stereocenters. The normalized spacial score (nSPS) is 17.5. The van der Waals surface area contributed by atoms with E-state index in [9.17, 15) is 9.59 Å². The van der Waals surface area contributed by atoms with E-state index in [0.717, 1.165) is 4.47 Å². The maximum Gasteiger partial charge on any atom is 0.350 e. The molecule has 2 heterocycles. The van der Waals surface area contributed by atoms with Crippen LogP contribution in [0.25, 0.3) is 0 Å². The Morgan fingerprint density at radius 1 is 1.26 bits per heavy atom. The zero-order valence-electron chi connectivity index (χ0n) is 10.3. The summed E-state index contributed by atoms with van der Waals surface area (Å²) in [4.78, 5) is 27.2. The standard InChI is InChI=1S/C12H11BrN2O4/c1-12(2)18-10(16)9(11(17)19-12)6-15-8-3-7(13)4-14-5-8/h3-6,15H,1-2H3. The average Bonchev–Trinajstić information content (AvgIpc) is 2.26. The molecule has 0 spiro atoms. The molecule has 1 aliphatic rings. The lowest BCUT2D eigenvalue weighted by Gasteiger charge is -2.29. The highest BCUT2D eigenvalue weighted by molar-refractivity contribution is 9.10. The molecular weight excluding hydrogens is 316 g/mol. The summed E-state index contributed by atoms with van der Waals surface area (Å²) >= 11 is 3.26. The first kappa shape index (κ1) is 13.5. The summed E-state index contributed by atoms with van der Waals surface area (Å²) in [5, 5.41) is 2.79. The SMILES string of the molecule is CC1(C)OC(=O)C(=CNc2cncc(Br)c2)C(=O)O1. The van der Waals surface area contributed by atoms with Crippen LogP contribution >= 0.6 is 15.9 Å². The number of carbonyl (C=O) groups excluding carboxylic acids is 2. The first-order valence-electron chi connectivity index (χ1n) is 5.41. The lowest BCUT2D eigenvalue weighted by Crippen LogP contribution is -2.42. The van der Waals surface area contributed by atoms with Crippen LogP contribution < -0.4 is 5.32 Å². The number of carbonyl (C=O) groups is 2. The maximum atomic E-state index is 11.7. The van der Waals surface area contributed by atoms with Gasteiger partial charge in [-0.15, -0.1) is 0 Å². The number of aromatic nitrogens is 1. The highest BCUT2D eigenvalue weighted by atomic mass is 79.9. The number of nitrogens with one attached hydrogen (secondary N) is 1. The van der Waals surface area contributed by atoms with Crippen LogP contribution in [-0.4, -0.2) is 22.7 Å². The molecule has 19 heavy (non-hydrogen) atoms. The summed E-state index contributed by atoms with van der Waals surface area (Å²) in [7, 11) is 0. The molecule has 2 rings (SSSR count). The van der Waals surface area contributed by atoms with Crippen molar-refractivity contribution in [2.75, 3.05) is 5.32 Å². The number of rotatable bonds is 2. The van der Waals surface area contributed by atoms with Gasteiger partial charge in [-0.05, 0) is 22.0 Å². The van der Waals surface area contributed by atoms with Crippen molar-refractivity contribution in [2.45, 2.75) is 19.6 Å². The van der Waals surface area contributed by atoms with Gasteiger partial charge in [0, 0.05) is 30.7 Å². The second-order valence-electron chi connectivity index (χ2n) is 4.27. The second kappa shape index (κ2) is 5.00. The Hall–Kier alpha value is -1.89. The fourth-order valence-electron chi connectivity index (χ4n) is 1.42. The van der Waals surface area contributed by atoms with Crippen molar-refractivity contribution in [1.82, 2.24) is 4.98 Å². The van der Waals surface area contributed by atoms with E-state index in [0.29, 0.717) is 5.69 Å². The van der Waals surface area contributed by atoms with Gasteiger partial charge in [0.1, 0.15) is 0 Å². The summed E-state index contributed by atoms with van der Waals surface area (Å²) in [6.07, 6.45) is 4.40. The van der Waals surface area contributed by atoms with Crippen molar-refractivity contribution >= 4 is 33.6 Å². The quantitative estimate of drug-likeness (QED) is 0.508. The van der Waals surface area contributed by atoms with Crippen LogP contribution in [0.15, 0.2) is 34.7 Å². The molecule has 0 aliphatic carbocycles. The minimum absolute atomic E-state index is 0.195. The zero-order chi connectivity index (χ0) is 14.0. The molecule has 1 N–H and O–H groups in total. The van der Waals surface area contributed by atoms with E-state index in [1.807, 2.05) is 0 Å². The van der Waals surface area contributed by atoms with Crippen molar-refractivity contribution in [2.24, 2.45) is 0 Å². The molecule has 0 atom stereocenters. The summed E-state index contributed by atoms with van der Waals surface area (Å²) in [6, 6.07) is 1.74. The molecule has 0 saturated carbocycles. The zero-order valence-corrected chi connectivity index (χ0v) is 11.9. The third-order valence-corrected chi connectivity index (χ3v) is 2.64. The maximum absolute atomic E-state index is 11.7. The van der Waals surface area contributed by atoms with Gasteiger partial charge in [0.25, 0.3) is 5.79 Å². The molecule has 0 amide bonds. The van der Waals surface area contributed by atoms with Crippen LogP contribution in [0.5, 0.6) is 0 Å². The molecule has 7 heteroatoms. The summed E-state index contributed by atoms with van der Waals surface area (Å²) in [6.45, 7) is 2.98. The van der Waals surface area contributed by atoms with E-state index < -0.39 is 17.7 Å². The predicted octanol–water partition coefficient (Wildman–Crippen LogP) is 1.98. The summed E-state index contributed by atoms with van der Waals surface area (Å²) < 4.78 is 10.7. The van der Waals surface area contributed by atoms with E-state index in [1.54, 1.807) is 18.5 Å². The van der Waals surface area contributed by atoms with Crippen molar-refractivity contribution in [1.29, 1.82) is 0 Å². The van der Waals surface area contributed by atoms with Gasteiger partial charge in [-0.25, -0.2) is 9.59 Å². The average molecular weight is 327 g/mol. The number of cyclic esters (lactones) is 2. The molecule has 1 saturated heterocycles. The van der Waals surface area contributed by atoms with Crippen LogP contribution in [0.3, 0.4) is 0 Å². The monoisotopic (exact) mass is 326 g/mol. The molecule has 1 fully saturated rings. The summed E-state index contributed by atoms with van der Waals surface area (Å²) in [5.41, 5.74) is 0.423. The Labute approximate surface area is 117 Å². The minimum Gasteiger partial charge on any atom is -0.419 e. The number of halogens is 1. The Bertz CT molecular complexity index is 547. The van der Waals surface area contributed by atoms with Crippen LogP contribution in [0.2, 0.25) is 0 Å². The van der Waals surface area contributed by atoms with Crippen LogP contribution in [-0.2, 0) is 19.1 Å². The Morgan fingerprint density at radius 3 is 2.47 bits per heavy atom. The first-order chi connectivity index (χ1) is 8.87. The van der Waals surface area contributed by atoms with Gasteiger partial charge >= 0.3 is 11.9 Å². The number of hydrogen-bond acceptors (Lipinski definition) is 6. The number of ether oxygens (including phenoxy) is 2. The molecule has 100 valence electrons. The minimum atomic E-state index is -1.23. The van der Waals surface area contributed by atoms with Crippen LogP contribution in [0.4, 0.5) is 5.69 Å². The molecule has 0 radical (unpaired) electrons. The lowest BCUT2D eigenvalue weighted by molar-refractivity contribution is -0.222. The van der Waals surface area contributed by atoms with Gasteiger partial charge in [-0.3, -0.25) is 4.98 Å². The van der Waals surface area contributed by atoms with Gasteiger partial charge in [0.05, 0.1) is 11.9 Å². The molecule has 1 aliphatic heterocycles. The van der Waals surface area contributed by atoms with Gasteiger partial charge in [0.15, 0.2) is 5.57 Å². The van der Waals surface area contributed by atoms with E-state index in [-0.39, 0.29) is 5.57 Å².